The van der Waals surface area contributed by atoms with Crippen LogP contribution in [0.4, 0.5) is 4.39 Å². The summed E-state index contributed by atoms with van der Waals surface area (Å²) in [4.78, 5) is 29.8. The monoisotopic (exact) mass is 413 g/mol. The lowest BCUT2D eigenvalue weighted by molar-refractivity contribution is -0.118. The molecule has 0 radical (unpaired) electrons. The Balaban J connectivity index is 1.66. The minimum atomic E-state index is -0.274. The van der Waals surface area contributed by atoms with Crippen LogP contribution < -0.4 is 10.9 Å². The molecule has 2 aromatic carbocycles. The number of benzene rings is 2. The molecular formula is C22H24FN3O2S. The predicted octanol–water partition coefficient (Wildman–Crippen LogP) is 3.96. The van der Waals surface area contributed by atoms with E-state index < -0.39 is 0 Å². The standard InChI is InChI=1S/C22H24FN3O2S/c1-3-15(2)26-21(28)18-6-4-5-7-19(18)25-22(26)29-14-20(27)24-13-12-16-8-10-17(23)11-9-16/h4-11,15H,3,12-14H2,1-2H3,(H,24,27). The van der Waals surface area contributed by atoms with Crippen LogP contribution in [0.25, 0.3) is 10.9 Å². The van der Waals surface area contributed by atoms with Gasteiger partial charge in [0.15, 0.2) is 5.16 Å². The molecule has 1 aromatic heterocycles. The van der Waals surface area contributed by atoms with Crippen LogP contribution in [-0.4, -0.2) is 27.8 Å². The summed E-state index contributed by atoms with van der Waals surface area (Å²) in [7, 11) is 0. The minimum absolute atomic E-state index is 0.0105. The molecule has 1 unspecified atom stereocenters. The third-order valence-electron chi connectivity index (χ3n) is 4.79. The van der Waals surface area contributed by atoms with Gasteiger partial charge < -0.3 is 5.32 Å². The summed E-state index contributed by atoms with van der Waals surface area (Å²) < 4.78 is 14.6. The third-order valence-corrected chi connectivity index (χ3v) is 5.74. The van der Waals surface area contributed by atoms with Gasteiger partial charge in [-0.3, -0.25) is 14.2 Å². The SMILES string of the molecule is CCC(C)n1c(SCC(=O)NCCc2ccc(F)cc2)nc2ccccc2c1=O. The summed E-state index contributed by atoms with van der Waals surface area (Å²) in [6.45, 7) is 4.46. The second-order valence-electron chi connectivity index (χ2n) is 6.86. The van der Waals surface area contributed by atoms with Crippen LogP contribution in [0, 0.1) is 5.82 Å². The molecule has 0 spiro atoms. The first-order valence-electron chi connectivity index (χ1n) is 9.64. The van der Waals surface area contributed by atoms with Crippen LogP contribution in [-0.2, 0) is 11.2 Å². The fourth-order valence-electron chi connectivity index (χ4n) is 2.98. The van der Waals surface area contributed by atoms with Gasteiger partial charge in [0.1, 0.15) is 5.82 Å². The maximum absolute atomic E-state index is 12.9. The number of halogens is 1. The molecule has 1 heterocycles. The Bertz CT molecular complexity index is 1050. The van der Waals surface area contributed by atoms with Crippen molar-refractivity contribution in [1.29, 1.82) is 0 Å². The zero-order chi connectivity index (χ0) is 20.8. The number of fused-ring (bicyclic) bond motifs is 1. The van der Waals surface area contributed by atoms with E-state index in [1.807, 2.05) is 32.0 Å². The van der Waals surface area contributed by atoms with Gasteiger partial charge in [0, 0.05) is 12.6 Å². The van der Waals surface area contributed by atoms with E-state index in [0.29, 0.717) is 29.0 Å². The normalized spacial score (nSPS) is 12.1. The van der Waals surface area contributed by atoms with Crippen molar-refractivity contribution >= 4 is 28.6 Å². The lowest BCUT2D eigenvalue weighted by atomic mass is 10.1. The molecule has 5 nitrogen and oxygen atoms in total. The molecule has 152 valence electrons. The van der Waals surface area contributed by atoms with Crippen molar-refractivity contribution in [2.45, 2.75) is 37.9 Å². The highest BCUT2D eigenvalue weighted by atomic mass is 32.2. The van der Waals surface area contributed by atoms with E-state index in [4.69, 9.17) is 0 Å². The highest BCUT2D eigenvalue weighted by Crippen LogP contribution is 2.22. The second kappa shape index (κ2) is 9.69. The summed E-state index contributed by atoms with van der Waals surface area (Å²) in [6, 6.07) is 13.5. The van der Waals surface area contributed by atoms with Crippen molar-refractivity contribution in [3.05, 3.63) is 70.3 Å². The number of carbonyl (C=O) groups excluding carboxylic acids is 1. The van der Waals surface area contributed by atoms with E-state index >= 15 is 0 Å². The molecule has 0 aliphatic carbocycles. The molecule has 3 rings (SSSR count). The van der Waals surface area contributed by atoms with Gasteiger partial charge in [-0.05, 0) is 49.6 Å². The molecule has 3 aromatic rings. The van der Waals surface area contributed by atoms with E-state index in [9.17, 15) is 14.0 Å². The van der Waals surface area contributed by atoms with Crippen LogP contribution >= 0.6 is 11.8 Å². The molecule has 0 saturated carbocycles. The van der Waals surface area contributed by atoms with E-state index in [1.54, 1.807) is 22.8 Å². The summed E-state index contributed by atoms with van der Waals surface area (Å²) in [5.74, 6) is -0.232. The summed E-state index contributed by atoms with van der Waals surface area (Å²) in [5.41, 5.74) is 1.52. The van der Waals surface area contributed by atoms with Crippen LogP contribution in [0.5, 0.6) is 0 Å². The van der Waals surface area contributed by atoms with Crippen molar-refractivity contribution < 1.29 is 9.18 Å². The maximum atomic E-state index is 12.9. The van der Waals surface area contributed by atoms with Gasteiger partial charge in [-0.15, -0.1) is 0 Å². The third kappa shape index (κ3) is 5.23. The quantitative estimate of drug-likeness (QED) is 0.449. The lowest BCUT2D eigenvalue weighted by Gasteiger charge is -2.18. The number of nitrogens with zero attached hydrogens (tertiary/aromatic N) is 2. The Labute approximate surface area is 173 Å². The topological polar surface area (TPSA) is 64.0 Å². The number of carbonyl (C=O) groups is 1. The van der Waals surface area contributed by atoms with Crippen LogP contribution in [0.3, 0.4) is 0 Å². The lowest BCUT2D eigenvalue weighted by Crippen LogP contribution is -2.29. The summed E-state index contributed by atoms with van der Waals surface area (Å²) >= 11 is 1.27. The van der Waals surface area contributed by atoms with Crippen molar-refractivity contribution in [2.24, 2.45) is 0 Å². The molecule has 7 heteroatoms. The summed E-state index contributed by atoms with van der Waals surface area (Å²) in [5, 5.41) is 4.00. The van der Waals surface area contributed by atoms with Crippen molar-refractivity contribution in [1.82, 2.24) is 14.9 Å². The molecule has 0 fully saturated rings. The highest BCUT2D eigenvalue weighted by molar-refractivity contribution is 7.99. The van der Waals surface area contributed by atoms with Gasteiger partial charge in [-0.1, -0.05) is 43.0 Å². The van der Waals surface area contributed by atoms with Gasteiger partial charge in [-0.2, -0.15) is 0 Å². The Morgan fingerprint density at radius 2 is 1.93 bits per heavy atom. The first kappa shape index (κ1) is 21.0. The van der Waals surface area contributed by atoms with E-state index in [2.05, 4.69) is 10.3 Å². The van der Waals surface area contributed by atoms with Crippen LogP contribution in [0.15, 0.2) is 58.5 Å². The molecule has 0 aliphatic rings. The van der Waals surface area contributed by atoms with Gasteiger partial charge >= 0.3 is 0 Å². The Morgan fingerprint density at radius 1 is 1.21 bits per heavy atom. The molecule has 0 saturated heterocycles. The van der Waals surface area contributed by atoms with Crippen molar-refractivity contribution in [2.75, 3.05) is 12.3 Å². The smallest absolute Gasteiger partial charge is 0.262 e. The zero-order valence-corrected chi connectivity index (χ0v) is 17.3. The van der Waals surface area contributed by atoms with Gasteiger partial charge in [0.05, 0.1) is 16.7 Å². The number of para-hydroxylation sites is 1. The molecule has 1 N–H and O–H groups in total. The van der Waals surface area contributed by atoms with E-state index in [1.165, 1.54) is 23.9 Å². The Hall–Kier alpha value is -2.67. The Morgan fingerprint density at radius 3 is 2.66 bits per heavy atom. The Kier molecular flexibility index (Phi) is 7.04. The average molecular weight is 414 g/mol. The predicted molar refractivity (Wildman–Crippen MR) is 115 cm³/mol. The van der Waals surface area contributed by atoms with E-state index in [-0.39, 0.29) is 29.1 Å². The van der Waals surface area contributed by atoms with E-state index in [0.717, 1.165) is 12.0 Å². The first-order chi connectivity index (χ1) is 14.0. The van der Waals surface area contributed by atoms with Gasteiger partial charge in [0.2, 0.25) is 5.91 Å². The molecular weight excluding hydrogens is 389 g/mol. The number of thioether (sulfide) groups is 1. The van der Waals surface area contributed by atoms with Crippen LogP contribution in [0.2, 0.25) is 0 Å². The fraction of sp³-hybridized carbons (Fsp3) is 0.318. The van der Waals surface area contributed by atoms with Crippen molar-refractivity contribution in [3.8, 4) is 0 Å². The fourth-order valence-corrected chi connectivity index (χ4v) is 3.90. The number of hydrogen-bond donors (Lipinski definition) is 1. The molecule has 1 amide bonds. The second-order valence-corrected chi connectivity index (χ2v) is 7.80. The zero-order valence-electron chi connectivity index (χ0n) is 16.5. The van der Waals surface area contributed by atoms with Crippen molar-refractivity contribution in [3.63, 3.8) is 0 Å². The number of aromatic nitrogens is 2. The number of hydrogen-bond acceptors (Lipinski definition) is 4. The van der Waals surface area contributed by atoms with Gasteiger partial charge in [0.25, 0.3) is 5.56 Å². The molecule has 1 atom stereocenters. The number of nitrogens with one attached hydrogen (secondary N) is 1. The van der Waals surface area contributed by atoms with Gasteiger partial charge in [-0.25, -0.2) is 9.37 Å². The first-order valence-corrected chi connectivity index (χ1v) is 10.6. The maximum Gasteiger partial charge on any atom is 0.262 e. The largest absolute Gasteiger partial charge is 0.355 e. The number of rotatable bonds is 8. The number of amides is 1. The minimum Gasteiger partial charge on any atom is -0.355 e. The molecule has 29 heavy (non-hydrogen) atoms. The molecule has 0 bridgehead atoms. The summed E-state index contributed by atoms with van der Waals surface area (Å²) in [6.07, 6.45) is 1.42. The molecule has 0 aliphatic heterocycles. The highest BCUT2D eigenvalue weighted by Gasteiger charge is 2.16. The van der Waals surface area contributed by atoms with Crippen LogP contribution in [0.1, 0.15) is 31.9 Å². The average Bonchev–Trinajstić information content (AvgIpc) is 2.73.